The fourth-order valence-corrected chi connectivity index (χ4v) is 4.56. The molecule has 202 valence electrons. The third-order valence-electron chi connectivity index (χ3n) is 6.59. The predicted molar refractivity (Wildman–Crippen MR) is 138 cm³/mol. The van der Waals surface area contributed by atoms with Crippen molar-refractivity contribution >= 4 is 29.3 Å². The van der Waals surface area contributed by atoms with E-state index in [1.165, 1.54) is 18.1 Å². The summed E-state index contributed by atoms with van der Waals surface area (Å²) in [6.45, 7) is 4.03. The standard InChI is InChI=1S/C28H32N2O8/c1-4-36-28(34)20-6-5-11-29(14-20)26(32)15-30-21-13-19(8-10-23(21)38-17-27(30)33)22(31)16-37-24-9-7-18(2)12-25(24)35-3/h7-10,12-13,20H,4-6,11,14-17H2,1-3H3/t20-/m0/s1. The lowest BCUT2D eigenvalue weighted by Gasteiger charge is -2.34. The van der Waals surface area contributed by atoms with Crippen molar-refractivity contribution in [2.75, 3.05) is 51.5 Å². The number of benzene rings is 2. The van der Waals surface area contributed by atoms with Crippen molar-refractivity contribution in [3.8, 4) is 17.2 Å². The molecule has 0 radical (unpaired) electrons. The Morgan fingerprint density at radius 1 is 1.11 bits per heavy atom. The molecule has 0 aromatic heterocycles. The highest BCUT2D eigenvalue weighted by molar-refractivity contribution is 6.04. The number of esters is 1. The molecule has 2 aliphatic heterocycles. The van der Waals surface area contributed by atoms with Gasteiger partial charge in [-0.2, -0.15) is 0 Å². The molecule has 2 amide bonds. The molecular weight excluding hydrogens is 492 g/mol. The van der Waals surface area contributed by atoms with Gasteiger partial charge >= 0.3 is 5.97 Å². The summed E-state index contributed by atoms with van der Waals surface area (Å²) in [4.78, 5) is 54.0. The van der Waals surface area contributed by atoms with Crippen LogP contribution in [0.1, 0.15) is 35.7 Å². The smallest absolute Gasteiger partial charge is 0.310 e. The molecule has 38 heavy (non-hydrogen) atoms. The Labute approximate surface area is 221 Å². The molecule has 4 rings (SSSR count). The van der Waals surface area contributed by atoms with Crippen LogP contribution in [0.4, 0.5) is 5.69 Å². The number of aryl methyl sites for hydroxylation is 1. The molecule has 0 unspecified atom stereocenters. The molecule has 2 aliphatic rings. The van der Waals surface area contributed by atoms with Gasteiger partial charge in [0.05, 0.1) is 25.3 Å². The van der Waals surface area contributed by atoms with E-state index >= 15 is 0 Å². The lowest BCUT2D eigenvalue weighted by atomic mass is 9.98. The third kappa shape index (κ3) is 6.07. The van der Waals surface area contributed by atoms with Crippen LogP contribution in [0.3, 0.4) is 0 Å². The zero-order valence-corrected chi connectivity index (χ0v) is 21.9. The number of piperidine rings is 1. The second-order valence-electron chi connectivity index (χ2n) is 9.25. The van der Waals surface area contributed by atoms with Crippen LogP contribution < -0.4 is 19.1 Å². The molecule has 10 nitrogen and oxygen atoms in total. The Kier molecular flexibility index (Phi) is 8.50. The van der Waals surface area contributed by atoms with Crippen LogP contribution in [0.25, 0.3) is 0 Å². The van der Waals surface area contributed by atoms with E-state index in [0.717, 1.165) is 5.56 Å². The van der Waals surface area contributed by atoms with Crippen molar-refractivity contribution < 1.29 is 38.1 Å². The molecule has 2 aromatic carbocycles. The van der Waals surface area contributed by atoms with Crippen molar-refractivity contribution in [3.63, 3.8) is 0 Å². The van der Waals surface area contributed by atoms with Crippen LogP contribution in [-0.4, -0.2) is 75.0 Å². The first-order valence-corrected chi connectivity index (χ1v) is 12.6. The van der Waals surface area contributed by atoms with Crippen LogP contribution in [0, 0.1) is 12.8 Å². The number of amides is 2. The van der Waals surface area contributed by atoms with Gasteiger partial charge < -0.3 is 23.8 Å². The zero-order chi connectivity index (χ0) is 27.2. The van der Waals surface area contributed by atoms with E-state index < -0.39 is 5.91 Å². The summed E-state index contributed by atoms with van der Waals surface area (Å²) in [5.74, 6) is -0.316. The normalized spacial score (nSPS) is 16.8. The van der Waals surface area contributed by atoms with Gasteiger partial charge in [0.25, 0.3) is 5.91 Å². The molecule has 10 heteroatoms. The largest absolute Gasteiger partial charge is 0.493 e. The SMILES string of the molecule is CCOC(=O)[C@H]1CCCN(C(=O)CN2C(=O)COc3ccc(C(=O)COc4ccc(C)cc4OC)cc32)C1. The molecule has 0 bridgehead atoms. The average Bonchev–Trinajstić information content (AvgIpc) is 2.93. The van der Waals surface area contributed by atoms with E-state index in [2.05, 4.69) is 0 Å². The number of methoxy groups -OCH3 is 1. The first kappa shape index (κ1) is 27.0. The minimum Gasteiger partial charge on any atom is -0.493 e. The maximum atomic E-state index is 13.2. The van der Waals surface area contributed by atoms with Gasteiger partial charge in [0.15, 0.2) is 30.5 Å². The Bertz CT molecular complexity index is 1230. The Morgan fingerprint density at radius 3 is 2.68 bits per heavy atom. The van der Waals surface area contributed by atoms with Crippen molar-refractivity contribution in [1.29, 1.82) is 0 Å². The Hall–Kier alpha value is -4.08. The summed E-state index contributed by atoms with van der Waals surface area (Å²) < 4.78 is 21.7. The van der Waals surface area contributed by atoms with Crippen molar-refractivity contribution in [3.05, 3.63) is 47.5 Å². The summed E-state index contributed by atoms with van der Waals surface area (Å²) in [5, 5.41) is 0. The summed E-state index contributed by atoms with van der Waals surface area (Å²) in [5.41, 5.74) is 1.65. The summed E-state index contributed by atoms with van der Waals surface area (Å²) in [7, 11) is 1.53. The van der Waals surface area contributed by atoms with Crippen LogP contribution in [0.15, 0.2) is 36.4 Å². The predicted octanol–water partition coefficient (Wildman–Crippen LogP) is 2.79. The highest BCUT2D eigenvalue weighted by Crippen LogP contribution is 2.34. The van der Waals surface area contributed by atoms with E-state index in [1.807, 2.05) is 19.1 Å². The number of Topliss-reactive ketones (excluding diaryl/α,β-unsaturated/α-hetero) is 1. The first-order chi connectivity index (χ1) is 18.3. The molecule has 0 spiro atoms. The van der Waals surface area contributed by atoms with E-state index in [0.29, 0.717) is 47.9 Å². The zero-order valence-electron chi connectivity index (χ0n) is 21.9. The van der Waals surface area contributed by atoms with Gasteiger partial charge in [-0.1, -0.05) is 6.07 Å². The van der Waals surface area contributed by atoms with Crippen molar-refractivity contribution in [2.24, 2.45) is 5.92 Å². The Morgan fingerprint density at radius 2 is 1.92 bits per heavy atom. The van der Waals surface area contributed by atoms with Gasteiger partial charge in [0.2, 0.25) is 5.91 Å². The number of likely N-dealkylation sites (tertiary alicyclic amines) is 1. The fourth-order valence-electron chi connectivity index (χ4n) is 4.56. The van der Waals surface area contributed by atoms with Gasteiger partial charge in [0.1, 0.15) is 12.3 Å². The molecule has 2 heterocycles. The maximum Gasteiger partial charge on any atom is 0.310 e. The van der Waals surface area contributed by atoms with Gasteiger partial charge in [-0.15, -0.1) is 0 Å². The number of hydrogen-bond donors (Lipinski definition) is 0. The molecule has 0 N–H and O–H groups in total. The summed E-state index contributed by atoms with van der Waals surface area (Å²) >= 11 is 0. The second kappa shape index (κ2) is 12.0. The first-order valence-electron chi connectivity index (χ1n) is 12.6. The maximum absolute atomic E-state index is 13.2. The van der Waals surface area contributed by atoms with E-state index in [1.54, 1.807) is 30.0 Å². The summed E-state index contributed by atoms with van der Waals surface area (Å²) in [6.07, 6.45) is 1.33. The number of carbonyl (C=O) groups excluding carboxylic acids is 4. The van der Waals surface area contributed by atoms with E-state index in [-0.39, 0.29) is 56.5 Å². The number of ketones is 1. The second-order valence-corrected chi connectivity index (χ2v) is 9.25. The lowest BCUT2D eigenvalue weighted by molar-refractivity contribution is -0.151. The molecule has 1 fully saturated rings. The van der Waals surface area contributed by atoms with Crippen molar-refractivity contribution in [2.45, 2.75) is 26.7 Å². The number of nitrogens with zero attached hydrogens (tertiary/aromatic N) is 2. The molecule has 1 atom stereocenters. The number of ether oxygens (including phenoxy) is 4. The van der Waals surface area contributed by atoms with Gasteiger partial charge in [-0.3, -0.25) is 24.1 Å². The monoisotopic (exact) mass is 524 g/mol. The number of carbonyl (C=O) groups is 4. The van der Waals surface area contributed by atoms with Gasteiger partial charge in [0, 0.05) is 18.7 Å². The molecular formula is C28H32N2O8. The molecule has 0 aliphatic carbocycles. The van der Waals surface area contributed by atoms with Crippen LogP contribution in [0.2, 0.25) is 0 Å². The highest BCUT2D eigenvalue weighted by Gasteiger charge is 2.33. The summed E-state index contributed by atoms with van der Waals surface area (Å²) in [6, 6.07) is 10.2. The number of anilines is 1. The van der Waals surface area contributed by atoms with Crippen molar-refractivity contribution in [1.82, 2.24) is 4.90 Å². The van der Waals surface area contributed by atoms with Gasteiger partial charge in [-0.05, 0) is 62.6 Å². The fraction of sp³-hybridized carbons (Fsp3) is 0.429. The molecule has 0 saturated carbocycles. The number of fused-ring (bicyclic) bond motifs is 1. The van der Waals surface area contributed by atoms with Crippen LogP contribution in [0.5, 0.6) is 17.2 Å². The van der Waals surface area contributed by atoms with E-state index in [4.69, 9.17) is 18.9 Å². The quantitative estimate of drug-likeness (QED) is 0.364. The minimum atomic E-state index is -0.393. The van der Waals surface area contributed by atoms with Crippen LogP contribution in [-0.2, 0) is 19.1 Å². The van der Waals surface area contributed by atoms with Crippen LogP contribution >= 0.6 is 0 Å². The lowest BCUT2D eigenvalue weighted by Crippen LogP contribution is -2.49. The highest BCUT2D eigenvalue weighted by atomic mass is 16.5. The molecule has 2 aromatic rings. The Balaban J connectivity index is 1.46. The number of hydrogen-bond acceptors (Lipinski definition) is 8. The molecule has 1 saturated heterocycles. The topological polar surface area (TPSA) is 112 Å². The minimum absolute atomic E-state index is 0.213. The average molecular weight is 525 g/mol. The number of rotatable bonds is 9. The van der Waals surface area contributed by atoms with Gasteiger partial charge in [-0.25, -0.2) is 0 Å². The third-order valence-corrected chi connectivity index (χ3v) is 6.59. The van der Waals surface area contributed by atoms with E-state index in [9.17, 15) is 19.2 Å².